The van der Waals surface area contributed by atoms with E-state index in [1.165, 1.54) is 0 Å². The molecule has 0 aromatic rings. The van der Waals surface area contributed by atoms with Crippen molar-refractivity contribution in [2.75, 3.05) is 13.3 Å². The molecule has 0 amide bonds. The fourth-order valence-corrected chi connectivity index (χ4v) is 1.98. The SMILES string of the molecule is CP(C)(=O)C(F)(F)C[C@H]1OC(O)[C@H](O)[C@@H]1O. The van der Waals surface area contributed by atoms with Gasteiger partial charge < -0.3 is 24.6 Å². The monoisotopic (exact) mass is 260 g/mol. The van der Waals surface area contributed by atoms with Crippen molar-refractivity contribution in [1.29, 1.82) is 0 Å². The van der Waals surface area contributed by atoms with E-state index in [1.807, 2.05) is 0 Å². The first-order valence-corrected chi connectivity index (χ1v) is 7.29. The van der Waals surface area contributed by atoms with Gasteiger partial charge >= 0.3 is 0 Å². The number of rotatable bonds is 3. The molecular formula is C8H15F2O5P. The molecule has 1 saturated heterocycles. The average Bonchev–Trinajstić information content (AvgIpc) is 2.31. The van der Waals surface area contributed by atoms with Crippen LogP contribution in [0, 0.1) is 0 Å². The van der Waals surface area contributed by atoms with E-state index in [4.69, 9.17) is 10.2 Å². The van der Waals surface area contributed by atoms with Gasteiger partial charge in [0.2, 0.25) is 0 Å². The van der Waals surface area contributed by atoms with Crippen molar-refractivity contribution in [3.05, 3.63) is 0 Å². The normalized spacial score (nSPS) is 36.7. The molecule has 16 heavy (non-hydrogen) atoms. The van der Waals surface area contributed by atoms with Crippen LogP contribution in [0.5, 0.6) is 0 Å². The summed E-state index contributed by atoms with van der Waals surface area (Å²) in [6, 6.07) is 0. The summed E-state index contributed by atoms with van der Waals surface area (Å²) < 4.78 is 42.6. The number of halogens is 2. The highest BCUT2D eigenvalue weighted by Gasteiger charge is 2.51. The Morgan fingerprint density at radius 2 is 1.75 bits per heavy atom. The van der Waals surface area contributed by atoms with Crippen molar-refractivity contribution in [2.24, 2.45) is 0 Å². The van der Waals surface area contributed by atoms with Crippen molar-refractivity contribution < 1.29 is 33.4 Å². The summed E-state index contributed by atoms with van der Waals surface area (Å²) >= 11 is 0. The Kier molecular flexibility index (Phi) is 3.77. The second-order valence-electron chi connectivity index (χ2n) is 4.27. The Hall–Kier alpha value is -0.0700. The molecule has 0 aromatic heterocycles. The van der Waals surface area contributed by atoms with E-state index in [0.29, 0.717) is 0 Å². The molecule has 0 spiro atoms. The van der Waals surface area contributed by atoms with E-state index < -0.39 is 43.8 Å². The van der Waals surface area contributed by atoms with Crippen LogP contribution in [0.4, 0.5) is 8.78 Å². The third-order valence-corrected chi connectivity index (χ3v) is 4.33. The van der Waals surface area contributed by atoms with E-state index in [0.717, 1.165) is 13.3 Å². The molecule has 5 nitrogen and oxygen atoms in total. The van der Waals surface area contributed by atoms with Gasteiger partial charge in [0.05, 0.1) is 6.10 Å². The fraction of sp³-hybridized carbons (Fsp3) is 1.00. The highest BCUT2D eigenvalue weighted by atomic mass is 31.2. The van der Waals surface area contributed by atoms with E-state index in [2.05, 4.69) is 4.74 Å². The molecule has 0 aliphatic carbocycles. The predicted molar refractivity (Wildman–Crippen MR) is 51.9 cm³/mol. The van der Waals surface area contributed by atoms with Gasteiger partial charge in [0.15, 0.2) is 6.29 Å². The van der Waals surface area contributed by atoms with Gasteiger partial charge in [-0.15, -0.1) is 0 Å². The zero-order valence-corrected chi connectivity index (χ0v) is 9.77. The lowest BCUT2D eigenvalue weighted by Gasteiger charge is -2.24. The zero-order chi connectivity index (χ0) is 12.7. The number of aliphatic hydroxyl groups is 3. The second kappa shape index (κ2) is 4.31. The van der Waals surface area contributed by atoms with Crippen LogP contribution in [0.3, 0.4) is 0 Å². The van der Waals surface area contributed by atoms with Crippen molar-refractivity contribution >= 4 is 7.14 Å². The molecule has 0 aromatic carbocycles. The second-order valence-corrected chi connectivity index (χ2v) is 7.62. The average molecular weight is 260 g/mol. The summed E-state index contributed by atoms with van der Waals surface area (Å²) in [4.78, 5) is 0. The molecule has 96 valence electrons. The summed E-state index contributed by atoms with van der Waals surface area (Å²) in [5, 5.41) is 27.4. The van der Waals surface area contributed by atoms with E-state index in [-0.39, 0.29) is 0 Å². The molecule has 1 unspecified atom stereocenters. The Balaban J connectivity index is 2.73. The van der Waals surface area contributed by atoms with Crippen LogP contribution in [-0.2, 0) is 9.30 Å². The molecule has 0 saturated carbocycles. The number of ether oxygens (including phenoxy) is 1. The number of hydrogen-bond acceptors (Lipinski definition) is 5. The molecule has 0 bridgehead atoms. The lowest BCUT2D eigenvalue weighted by atomic mass is 10.1. The first-order chi connectivity index (χ1) is 7.06. The molecule has 8 heteroatoms. The van der Waals surface area contributed by atoms with Crippen molar-refractivity contribution in [1.82, 2.24) is 0 Å². The van der Waals surface area contributed by atoms with Crippen LogP contribution in [0.25, 0.3) is 0 Å². The maximum absolute atomic E-state index is 13.4. The van der Waals surface area contributed by atoms with E-state index in [1.54, 1.807) is 0 Å². The quantitative estimate of drug-likeness (QED) is 0.623. The summed E-state index contributed by atoms with van der Waals surface area (Å²) in [7, 11) is -3.67. The topological polar surface area (TPSA) is 87.0 Å². The lowest BCUT2D eigenvalue weighted by molar-refractivity contribution is -0.135. The molecule has 1 aliphatic heterocycles. The summed E-state index contributed by atoms with van der Waals surface area (Å²) in [5.41, 5.74) is -3.50. The van der Waals surface area contributed by atoms with Crippen molar-refractivity contribution in [2.45, 2.75) is 36.7 Å². The Labute approximate surface area is 91.4 Å². The largest absolute Gasteiger partial charge is 0.387 e. The number of hydrogen-bond donors (Lipinski definition) is 3. The van der Waals surface area contributed by atoms with Gasteiger partial charge in [-0.3, -0.25) is 0 Å². The number of aliphatic hydroxyl groups excluding tert-OH is 3. The predicted octanol–water partition coefficient (Wildman–Crippen LogP) is 0.0310. The van der Waals surface area contributed by atoms with Crippen LogP contribution in [0.1, 0.15) is 6.42 Å². The zero-order valence-electron chi connectivity index (χ0n) is 8.88. The highest BCUT2D eigenvalue weighted by molar-refractivity contribution is 7.63. The van der Waals surface area contributed by atoms with Gasteiger partial charge in [-0.2, -0.15) is 8.78 Å². The smallest absolute Gasteiger partial charge is 0.300 e. The maximum Gasteiger partial charge on any atom is 0.300 e. The molecule has 4 atom stereocenters. The lowest BCUT2D eigenvalue weighted by Crippen LogP contribution is -2.35. The van der Waals surface area contributed by atoms with Crippen LogP contribution in [-0.4, -0.2) is 58.9 Å². The molecule has 1 rings (SSSR count). The fourth-order valence-electron chi connectivity index (χ4n) is 1.36. The minimum atomic E-state index is -3.67. The first kappa shape index (κ1) is 14.0. The highest BCUT2D eigenvalue weighted by Crippen LogP contribution is 2.56. The van der Waals surface area contributed by atoms with E-state index in [9.17, 15) is 18.5 Å². The van der Waals surface area contributed by atoms with Crippen molar-refractivity contribution in [3.63, 3.8) is 0 Å². The molecular weight excluding hydrogens is 245 g/mol. The minimum absolute atomic E-state index is 0.932. The van der Waals surface area contributed by atoms with Crippen LogP contribution < -0.4 is 0 Å². The third kappa shape index (κ3) is 2.60. The molecule has 1 fully saturated rings. The third-order valence-electron chi connectivity index (χ3n) is 2.57. The summed E-state index contributed by atoms with van der Waals surface area (Å²) in [5.74, 6) is 0. The molecule has 0 radical (unpaired) electrons. The minimum Gasteiger partial charge on any atom is -0.387 e. The standard InChI is InChI=1S/C8H15F2O5P/c1-16(2,14)8(9,10)3-4-5(11)6(12)7(13)15-4/h4-7,11-13H,3H2,1-2H3/t4-,5-,6-,7?/m1/s1. The van der Waals surface area contributed by atoms with Gasteiger partial charge in [-0.05, 0) is 13.3 Å². The van der Waals surface area contributed by atoms with Gasteiger partial charge in [0.1, 0.15) is 19.3 Å². The van der Waals surface area contributed by atoms with Gasteiger partial charge in [-0.25, -0.2) is 0 Å². The number of alkyl halides is 2. The summed E-state index contributed by atoms with van der Waals surface area (Å²) in [6.45, 7) is 1.86. The Morgan fingerprint density at radius 3 is 2.06 bits per heavy atom. The van der Waals surface area contributed by atoms with Gasteiger partial charge in [0.25, 0.3) is 5.66 Å². The molecule has 1 heterocycles. The molecule has 3 N–H and O–H groups in total. The Morgan fingerprint density at radius 1 is 1.25 bits per heavy atom. The maximum atomic E-state index is 13.4. The van der Waals surface area contributed by atoms with Crippen LogP contribution >= 0.6 is 7.14 Å². The van der Waals surface area contributed by atoms with Crippen molar-refractivity contribution in [3.8, 4) is 0 Å². The van der Waals surface area contributed by atoms with Crippen LogP contribution in [0.15, 0.2) is 0 Å². The van der Waals surface area contributed by atoms with Gasteiger partial charge in [-0.1, -0.05) is 0 Å². The van der Waals surface area contributed by atoms with E-state index >= 15 is 0 Å². The van der Waals surface area contributed by atoms with Gasteiger partial charge in [0, 0.05) is 6.42 Å². The first-order valence-electron chi connectivity index (χ1n) is 4.69. The summed E-state index contributed by atoms with van der Waals surface area (Å²) in [6.07, 6.45) is -7.33. The van der Waals surface area contributed by atoms with Crippen LogP contribution in [0.2, 0.25) is 0 Å². The Bertz CT molecular complexity index is 305. The molecule has 1 aliphatic rings.